The van der Waals surface area contributed by atoms with Crippen molar-refractivity contribution >= 4 is 0 Å². The van der Waals surface area contributed by atoms with E-state index in [9.17, 15) is 60.7 Å². The van der Waals surface area contributed by atoms with E-state index in [1.54, 1.807) is 0 Å². The Bertz CT molecular complexity index is 629. The molecule has 0 N–H and O–H groups in total. The van der Waals surface area contributed by atoms with E-state index in [2.05, 4.69) is 20.7 Å². The molecule has 0 saturated heterocycles. The standard InChI is InChI=1S/C3N10O12/c14-8(15)2(9(16)17,10(18)19)1(4-6-7-5-1)3(11(20)21,12(22)23)13(24)25. The lowest BCUT2D eigenvalue weighted by Crippen LogP contribution is -2.80. The second-order valence-corrected chi connectivity index (χ2v) is 3.86. The maximum absolute atomic E-state index is 11.1. The van der Waals surface area contributed by atoms with Gasteiger partial charge in [-0.15, -0.1) is 0 Å². The van der Waals surface area contributed by atoms with E-state index in [-0.39, 0.29) is 0 Å². The summed E-state index contributed by atoms with van der Waals surface area (Å²) in [5.41, 5.74) is -4.83. The molecule has 0 saturated carbocycles. The van der Waals surface area contributed by atoms with Crippen molar-refractivity contribution < 1.29 is 29.5 Å². The Balaban J connectivity index is 4.27. The predicted molar refractivity (Wildman–Crippen MR) is 59.9 cm³/mol. The third-order valence-electron chi connectivity index (χ3n) is 2.88. The molecular formula is C3N10O12. The summed E-state index contributed by atoms with van der Waals surface area (Å²) in [6.07, 6.45) is 0. The number of hydrogen-bond donors (Lipinski definition) is 0. The van der Waals surface area contributed by atoms with Crippen molar-refractivity contribution in [3.8, 4) is 0 Å². The molecule has 25 heavy (non-hydrogen) atoms. The SMILES string of the molecule is O=[N+]([O-])C([N+](=O)[O-])([N+](=O)[O-])C1(C([N+](=O)[O-])([N+](=O)[O-])[N+](=O)[O-])N=NN=N1. The molecule has 0 spiro atoms. The lowest BCUT2D eigenvalue weighted by Gasteiger charge is -2.20. The Morgan fingerprint density at radius 3 is 0.880 bits per heavy atom. The molecule has 22 heteroatoms. The maximum atomic E-state index is 11.1. The first-order valence-corrected chi connectivity index (χ1v) is 5.08. The molecule has 0 amide bonds. The Hall–Kier alpha value is -4.40. The quantitative estimate of drug-likeness (QED) is 0.268. The molecule has 0 bridgehead atoms. The fourth-order valence-electron chi connectivity index (χ4n) is 1.85. The lowest BCUT2D eigenvalue weighted by molar-refractivity contribution is -1.03. The number of rotatable bonds is 8. The fourth-order valence-corrected chi connectivity index (χ4v) is 1.85. The first-order chi connectivity index (χ1) is 11.4. The molecule has 0 aromatic heterocycles. The van der Waals surface area contributed by atoms with Crippen molar-refractivity contribution in [1.82, 2.24) is 0 Å². The van der Waals surface area contributed by atoms with Gasteiger partial charge < -0.3 is 0 Å². The molecule has 0 unspecified atom stereocenters. The molecule has 1 rings (SSSR count). The molecule has 0 fully saturated rings. The van der Waals surface area contributed by atoms with Crippen LogP contribution in [0.2, 0.25) is 0 Å². The molecule has 134 valence electrons. The van der Waals surface area contributed by atoms with E-state index in [1.165, 1.54) is 0 Å². The Morgan fingerprint density at radius 2 is 0.720 bits per heavy atom. The molecule has 0 aromatic carbocycles. The van der Waals surface area contributed by atoms with Crippen LogP contribution in [0.4, 0.5) is 0 Å². The van der Waals surface area contributed by atoms with Crippen molar-refractivity contribution in [3.63, 3.8) is 0 Å². The summed E-state index contributed by atoms with van der Waals surface area (Å²) in [4.78, 5) is 51.5. The molecular weight excluding hydrogens is 368 g/mol. The van der Waals surface area contributed by atoms with Crippen LogP contribution < -0.4 is 0 Å². The Kier molecular flexibility index (Phi) is 3.99. The van der Waals surface area contributed by atoms with Gasteiger partial charge in [-0.1, -0.05) is 10.2 Å². The average Bonchev–Trinajstić information content (AvgIpc) is 2.87. The van der Waals surface area contributed by atoms with E-state index in [0.717, 1.165) is 0 Å². The third-order valence-corrected chi connectivity index (χ3v) is 2.88. The maximum Gasteiger partial charge on any atom is 0.775 e. The zero-order valence-electron chi connectivity index (χ0n) is 10.9. The fraction of sp³-hybridized carbons (Fsp3) is 1.00. The zero-order chi connectivity index (χ0) is 19.8. The smallest absolute Gasteiger partial charge is 0.252 e. The first kappa shape index (κ1) is 18.6. The van der Waals surface area contributed by atoms with Crippen LogP contribution >= 0.6 is 0 Å². The average molecular weight is 368 g/mol. The largest absolute Gasteiger partial charge is 0.775 e. The summed E-state index contributed by atoms with van der Waals surface area (Å²) in [5, 5.41) is 75.6. The summed E-state index contributed by atoms with van der Waals surface area (Å²) in [6.45, 7) is 0. The first-order valence-electron chi connectivity index (χ1n) is 5.08. The van der Waals surface area contributed by atoms with Crippen molar-refractivity contribution in [2.24, 2.45) is 20.7 Å². The van der Waals surface area contributed by atoms with Gasteiger partial charge in [-0.3, -0.25) is 60.7 Å². The second-order valence-electron chi connectivity index (χ2n) is 3.86. The topological polar surface area (TPSA) is 308 Å². The van der Waals surface area contributed by atoms with Crippen LogP contribution in [0, 0.1) is 60.7 Å². The van der Waals surface area contributed by atoms with Gasteiger partial charge in [0.05, 0.1) is 0 Å². The van der Waals surface area contributed by atoms with E-state index in [4.69, 9.17) is 0 Å². The lowest BCUT2D eigenvalue weighted by atomic mass is 9.95. The highest BCUT2D eigenvalue weighted by Gasteiger charge is 3.11. The molecule has 1 aliphatic rings. The van der Waals surface area contributed by atoms with E-state index in [1.807, 2.05) is 0 Å². The summed E-state index contributed by atoms with van der Waals surface area (Å²) in [7, 11) is 0. The molecule has 0 radical (unpaired) electrons. The van der Waals surface area contributed by atoms with Gasteiger partial charge in [0, 0.05) is 0 Å². The highest BCUT2D eigenvalue weighted by molar-refractivity contribution is 5.00. The monoisotopic (exact) mass is 368 g/mol. The summed E-state index contributed by atoms with van der Waals surface area (Å²) < 4.78 is 0. The number of hydrogen-bond acceptors (Lipinski definition) is 16. The van der Waals surface area contributed by atoms with Crippen molar-refractivity contribution in [2.45, 2.75) is 17.2 Å². The van der Waals surface area contributed by atoms with E-state index >= 15 is 0 Å². The normalized spacial score (nSPS) is 15.5. The minimum atomic E-state index is -5.27. The van der Waals surface area contributed by atoms with Crippen LogP contribution in [0.25, 0.3) is 0 Å². The van der Waals surface area contributed by atoms with Crippen LogP contribution in [0.15, 0.2) is 20.7 Å². The summed E-state index contributed by atoms with van der Waals surface area (Å²) in [6, 6.07) is 0. The van der Waals surface area contributed by atoms with Crippen LogP contribution in [0.3, 0.4) is 0 Å². The van der Waals surface area contributed by atoms with Crippen LogP contribution in [-0.2, 0) is 0 Å². The van der Waals surface area contributed by atoms with Gasteiger partial charge in [0.1, 0.15) is 0 Å². The highest BCUT2D eigenvalue weighted by atomic mass is 16.8. The highest BCUT2D eigenvalue weighted by Crippen LogP contribution is 2.46. The molecule has 0 aliphatic carbocycles. The third kappa shape index (κ3) is 1.77. The molecule has 0 aromatic rings. The minimum absolute atomic E-state index is 2.28. The van der Waals surface area contributed by atoms with Crippen LogP contribution in [0.5, 0.6) is 0 Å². The van der Waals surface area contributed by atoms with E-state index in [0.29, 0.717) is 0 Å². The van der Waals surface area contributed by atoms with Gasteiger partial charge in [0.15, 0.2) is 29.5 Å². The van der Waals surface area contributed by atoms with Gasteiger partial charge in [-0.25, -0.2) is 0 Å². The van der Waals surface area contributed by atoms with Crippen molar-refractivity contribution in [3.05, 3.63) is 60.7 Å². The summed E-state index contributed by atoms with van der Waals surface area (Å²) >= 11 is 0. The van der Waals surface area contributed by atoms with Gasteiger partial charge in [0.25, 0.3) is 0 Å². The summed E-state index contributed by atoms with van der Waals surface area (Å²) in [5.74, 6) is -10.5. The zero-order valence-corrected chi connectivity index (χ0v) is 10.9. The minimum Gasteiger partial charge on any atom is -0.252 e. The number of nitro groups is 6. The van der Waals surface area contributed by atoms with Gasteiger partial charge in [-0.05, 0) is 10.4 Å². The predicted octanol–water partition coefficient (Wildman–Crippen LogP) is -1.52. The number of nitrogens with zero attached hydrogens (tertiary/aromatic N) is 10. The van der Waals surface area contributed by atoms with Crippen molar-refractivity contribution in [2.75, 3.05) is 0 Å². The van der Waals surface area contributed by atoms with Crippen LogP contribution in [-0.4, -0.2) is 46.8 Å². The van der Waals surface area contributed by atoms with Gasteiger partial charge in [-0.2, -0.15) is 0 Å². The van der Waals surface area contributed by atoms with Crippen LogP contribution in [0.1, 0.15) is 0 Å². The van der Waals surface area contributed by atoms with Gasteiger partial charge in [0.2, 0.25) is 0 Å². The van der Waals surface area contributed by atoms with Crippen molar-refractivity contribution in [1.29, 1.82) is 0 Å². The molecule has 1 aliphatic heterocycles. The van der Waals surface area contributed by atoms with Gasteiger partial charge >= 0.3 is 17.2 Å². The Labute approximate surface area is 129 Å². The second kappa shape index (κ2) is 5.35. The molecule has 1 heterocycles. The van der Waals surface area contributed by atoms with E-state index < -0.39 is 46.8 Å². The molecule has 22 nitrogen and oxygen atoms in total. The Morgan fingerprint density at radius 1 is 0.520 bits per heavy atom. The molecule has 0 atom stereocenters.